The number of Topliss-reactive ketones (excluding diaryl/α,β-unsaturated/α-hetero) is 1. The minimum atomic E-state index is -1.59. The Labute approximate surface area is 575 Å². The zero-order valence-electron chi connectivity index (χ0n) is 56.8. The summed E-state index contributed by atoms with van der Waals surface area (Å²) in [6.45, 7) is 3.84. The molecule has 5 saturated heterocycles. The van der Waals surface area contributed by atoms with Crippen molar-refractivity contribution in [2.75, 3.05) is 26.4 Å². The van der Waals surface area contributed by atoms with E-state index in [1.807, 2.05) is 6.26 Å². The molecule has 7 aliphatic heterocycles. The minimum absolute atomic E-state index is 0.0146. The van der Waals surface area contributed by atoms with Gasteiger partial charge in [-0.2, -0.15) is 0 Å². The fraction of sp³-hybridized carbons (Fsp3) is 0.706. The average Bonchev–Trinajstić information content (AvgIpc) is 1.40. The van der Waals surface area contributed by atoms with Crippen molar-refractivity contribution >= 4 is 17.7 Å². The maximum Gasteiger partial charge on any atom is 0.339 e. The normalized spacial score (nSPS) is 56.1. The molecule has 22 aliphatic rings. The molecule has 13 nitrogen and oxygen atoms in total. The predicted molar refractivity (Wildman–Crippen MR) is 357 cm³/mol. The molecule has 33 atom stereocenters. The average molecular weight is 1320 g/mol. The molecule has 98 heavy (non-hydrogen) atoms. The van der Waals surface area contributed by atoms with Crippen LogP contribution in [0.2, 0.25) is 0 Å². The molecule has 1 aromatic heterocycles. The number of furan rings is 1. The van der Waals surface area contributed by atoms with Crippen molar-refractivity contribution in [3.8, 4) is 11.8 Å². The van der Waals surface area contributed by atoms with E-state index in [-0.39, 0.29) is 83.6 Å². The highest BCUT2D eigenvalue weighted by Crippen LogP contribution is 2.95. The van der Waals surface area contributed by atoms with Gasteiger partial charge in [0.1, 0.15) is 35.1 Å². The summed E-state index contributed by atoms with van der Waals surface area (Å²) < 4.78 is 39.7. The number of carbonyl (C=O) groups is 3. The Morgan fingerprint density at radius 3 is 2.71 bits per heavy atom. The maximum atomic E-state index is 18.7. The second-order valence-electron chi connectivity index (χ2n) is 37.8. The summed E-state index contributed by atoms with van der Waals surface area (Å²) in [6, 6.07) is 11.3. The molecule has 0 radical (unpaired) electrons. The number of nitrogens with one attached hydrogen (secondary N) is 1. The number of carbonyl (C=O) groups excluding carboxylic acids is 3. The number of hydrogen-bond acceptors (Lipinski definition) is 13. The number of aliphatic hydroxyl groups is 3. The van der Waals surface area contributed by atoms with Gasteiger partial charge in [0.15, 0.2) is 17.5 Å². The van der Waals surface area contributed by atoms with Gasteiger partial charge in [-0.05, 0) is 244 Å². The van der Waals surface area contributed by atoms with Crippen LogP contribution < -0.4 is 5.32 Å². The van der Waals surface area contributed by atoms with Crippen LogP contribution in [-0.4, -0.2) is 106 Å². The highest BCUT2D eigenvalue weighted by atomic mass is 16.7. The van der Waals surface area contributed by atoms with E-state index in [0.717, 1.165) is 101 Å². The lowest BCUT2D eigenvalue weighted by Gasteiger charge is -2.75. The van der Waals surface area contributed by atoms with Gasteiger partial charge in [0.25, 0.3) is 0 Å². The third-order valence-corrected chi connectivity index (χ3v) is 36.0. The molecule has 10 saturated carbocycles. The monoisotopic (exact) mass is 1320 g/mol. The Hall–Kier alpha value is -5.07. The third-order valence-electron chi connectivity index (χ3n) is 36.0. The van der Waals surface area contributed by atoms with Gasteiger partial charge in [-0.3, -0.25) is 14.9 Å². The fourth-order valence-electron chi connectivity index (χ4n) is 33.9. The summed E-state index contributed by atoms with van der Waals surface area (Å²) in [5.74, 6) is 8.31. The number of esters is 2. The van der Waals surface area contributed by atoms with E-state index in [1.54, 1.807) is 0 Å². The second-order valence-corrected chi connectivity index (χ2v) is 37.8. The summed E-state index contributed by atoms with van der Waals surface area (Å²) in [5, 5.41) is 43.0. The Morgan fingerprint density at radius 2 is 1.82 bits per heavy atom. The Kier molecular flexibility index (Phi) is 11.1. The fourth-order valence-corrected chi connectivity index (χ4v) is 33.9. The van der Waals surface area contributed by atoms with Crippen LogP contribution >= 0.6 is 0 Å². The number of aliphatic hydroxyl groups excluding tert-OH is 3. The maximum absolute atomic E-state index is 18.7. The summed E-state index contributed by atoms with van der Waals surface area (Å²) in [5.41, 5.74) is -5.36. The number of allylic oxidation sites excluding steroid dienone is 5. The summed E-state index contributed by atoms with van der Waals surface area (Å²) in [4.78, 5) is 54.9. The van der Waals surface area contributed by atoms with Crippen molar-refractivity contribution < 1.29 is 53.1 Å². The molecule has 15 fully saturated rings. The van der Waals surface area contributed by atoms with Gasteiger partial charge in [-0.1, -0.05) is 104 Å². The third kappa shape index (κ3) is 5.94. The van der Waals surface area contributed by atoms with Crippen LogP contribution in [0.1, 0.15) is 151 Å². The molecule has 8 heterocycles. The van der Waals surface area contributed by atoms with E-state index < -0.39 is 97.4 Å². The molecule has 12 bridgehead atoms. The largest absolute Gasteiger partial charge is 0.469 e. The molecule has 24 rings (SSSR count). The number of ketones is 1. The molecule has 4 N–H and O–H groups in total. The smallest absolute Gasteiger partial charge is 0.339 e. The van der Waals surface area contributed by atoms with Crippen LogP contribution in [0.5, 0.6) is 0 Å². The molecule has 9 spiro atoms. The second kappa shape index (κ2) is 18.6. The molecular weight excluding hydrogens is 1220 g/mol. The van der Waals surface area contributed by atoms with Crippen LogP contribution in [-0.2, 0) is 58.2 Å². The van der Waals surface area contributed by atoms with Crippen LogP contribution in [0, 0.1) is 157 Å². The number of fused-ring (bicyclic) bond motifs is 9. The highest BCUT2D eigenvalue weighted by Gasteiger charge is 3.03. The summed E-state index contributed by atoms with van der Waals surface area (Å²) in [6.07, 6.45) is 37.5. The first kappa shape index (κ1) is 58.4. The molecule has 15 aliphatic carbocycles. The number of hydrogen-bond donors (Lipinski definition) is 4. The Bertz CT molecular complexity index is 4180. The van der Waals surface area contributed by atoms with E-state index in [1.165, 1.54) is 42.4 Å². The number of epoxide rings is 1. The lowest BCUT2D eigenvalue weighted by Crippen LogP contribution is -2.85. The van der Waals surface area contributed by atoms with E-state index in [9.17, 15) is 14.9 Å². The molecule has 512 valence electrons. The van der Waals surface area contributed by atoms with E-state index in [2.05, 4.69) is 108 Å². The van der Waals surface area contributed by atoms with Crippen LogP contribution in [0.4, 0.5) is 0 Å². The van der Waals surface area contributed by atoms with Crippen molar-refractivity contribution in [3.05, 3.63) is 119 Å². The zero-order chi connectivity index (χ0) is 65.0. The number of benzene rings is 1. The van der Waals surface area contributed by atoms with Crippen LogP contribution in [0.15, 0.2) is 101 Å². The van der Waals surface area contributed by atoms with Crippen molar-refractivity contribution in [1.29, 1.82) is 0 Å². The van der Waals surface area contributed by atoms with Gasteiger partial charge in [0.2, 0.25) is 0 Å². The van der Waals surface area contributed by atoms with Gasteiger partial charge in [0, 0.05) is 53.2 Å². The highest BCUT2D eigenvalue weighted by molar-refractivity contribution is 5.96. The Balaban J connectivity index is 0.761. The van der Waals surface area contributed by atoms with Crippen molar-refractivity contribution in [3.63, 3.8) is 0 Å². The topological polar surface area (TPSA) is 181 Å². The van der Waals surface area contributed by atoms with Crippen molar-refractivity contribution in [2.24, 2.45) is 145 Å². The minimum Gasteiger partial charge on any atom is -0.469 e. The van der Waals surface area contributed by atoms with Gasteiger partial charge < -0.3 is 43.6 Å². The van der Waals surface area contributed by atoms with Crippen LogP contribution in [0.3, 0.4) is 0 Å². The van der Waals surface area contributed by atoms with Crippen molar-refractivity contribution in [2.45, 2.75) is 195 Å². The lowest BCUT2D eigenvalue weighted by molar-refractivity contribution is -0.324. The Morgan fingerprint density at radius 1 is 0.908 bits per heavy atom. The number of nitrogens with zero attached hydrogens (tertiary/aromatic N) is 1. The first-order chi connectivity index (χ1) is 47.7. The van der Waals surface area contributed by atoms with Gasteiger partial charge in [-0.25, -0.2) is 4.79 Å². The zero-order valence-corrected chi connectivity index (χ0v) is 56.8. The lowest BCUT2D eigenvalue weighted by atomic mass is 9.27. The summed E-state index contributed by atoms with van der Waals surface area (Å²) >= 11 is 0. The first-order valence-corrected chi connectivity index (χ1v) is 39.6. The molecule has 2 aromatic rings. The van der Waals surface area contributed by atoms with Crippen molar-refractivity contribution in [1.82, 2.24) is 10.2 Å². The summed E-state index contributed by atoms with van der Waals surface area (Å²) in [7, 11) is 0. The van der Waals surface area contributed by atoms with E-state index >= 15 is 19.5 Å². The van der Waals surface area contributed by atoms with Gasteiger partial charge in [-0.15, -0.1) is 0 Å². The first-order valence-electron chi connectivity index (χ1n) is 39.6. The van der Waals surface area contributed by atoms with E-state index in [4.69, 9.17) is 18.6 Å². The number of rotatable bonds is 7. The molecule has 0 amide bonds. The molecular formula is C85H96N2O11. The van der Waals surface area contributed by atoms with E-state index in [0.29, 0.717) is 85.8 Å². The number of cyclic esters (lactones) is 1. The molecule has 1 aromatic carbocycles. The van der Waals surface area contributed by atoms with Crippen LogP contribution in [0.25, 0.3) is 0 Å². The quantitative estimate of drug-likeness (QED) is 0.0891. The number of ether oxygens (including phenoxy) is 4. The van der Waals surface area contributed by atoms with Gasteiger partial charge >= 0.3 is 11.9 Å². The standard InChI is InChI=1S/C85H96N2O11/c1-76-37-53-38-77-36-46-22-26-80(77)75(93)95-42-79-70(53)81(72(91)69(90)71(79)82-55-19-13-48-16-21-61-58-9-5-8-47(58)23-25-78(61,62(48)33-55)67(82)34-57(32-56(77)29-46)84(79,80)98-82)63-30-45(28-44-6-3-2-4-7-44)10-11-49(63)12-17-54-18-14-52-41-94-66(68(52)83(54,76)97-74(92)73-85(76,81)96-73)35-60(65(89)40-88)50-15-20-59-51(31-50)24-27-87-43-86-39-64(59)87/h2-4,6-7,13,16,19,22,24,26-27,34,41,45-47,49-51,53-56,58-65,67,70-73,86,88-89,91H,5,8-11,14-15,18,20-21,23,25,28-33,35-40,42-43H2,1H3/t45-,46-,47+,49+,50+,51-,53+,54-,55-,56-,58+,59+,60+,61+,62-,63+,64-,65-,67-,70-,71+,72-,73-,76+,77+,78+,79-,80+,81+,82+,83+,84-,85-/m1/s1. The molecule has 13 heteroatoms. The SMILES string of the molecule is C[C@]12C[C@H]3C[C@]45C[C@@H]6C=C[C@]47C(=O)OC[C@]48[C@H](C(=O)[C@@H](O)[C@@]9([C@H]34)[C@H]3C[C@@H](Cc4ccccc4)CC[C@H]3C#C[C@@H]3CCc4coc(C[C@@H]([C@H]%10CC[C@H]%11[C@H](C=CN%12CNC[C@H]%11%12)C%10)[C@H](O)CO)c4[C@@]31OC(=O)[C@H]1O[C@@]192)[C@@]12O[C@]87C(=C[C@@H]1[C@@]13CC[C@@H]4CCC[C@@H]4[C@@H]1CC=C1C=C[C@@H]2C[C@H]13)C[C@H]5C6. The predicted octanol–water partition coefficient (Wildman–Crippen LogP) is 10.8. The van der Waals surface area contributed by atoms with Gasteiger partial charge in [0.05, 0.1) is 48.5 Å². The number of aryl methyl sites for hydroxylation is 1. The molecule has 0 unspecified atom stereocenters.